The lowest BCUT2D eigenvalue weighted by Crippen LogP contribution is -2.61. The number of hydrogen-bond donors (Lipinski definition) is 3. The third-order valence-corrected chi connectivity index (χ3v) is 13.8. The first-order valence-corrected chi connectivity index (χ1v) is 23.1. The van der Waals surface area contributed by atoms with E-state index < -0.39 is 41.1 Å². The monoisotopic (exact) mass is 869 g/mol. The number of nitrogens with one attached hydrogen (secondary N) is 3. The van der Waals surface area contributed by atoms with Crippen LogP contribution in [0.4, 0.5) is 4.79 Å². The zero-order valence-electron chi connectivity index (χ0n) is 37.6. The van der Waals surface area contributed by atoms with Gasteiger partial charge in [0.25, 0.3) is 5.91 Å². The van der Waals surface area contributed by atoms with Crippen molar-refractivity contribution in [2.75, 3.05) is 33.5 Å². The van der Waals surface area contributed by atoms with Crippen LogP contribution in [0.5, 0.6) is 0 Å². The van der Waals surface area contributed by atoms with Crippen LogP contribution in [-0.4, -0.2) is 101 Å². The maximum atomic E-state index is 14.3. The van der Waals surface area contributed by atoms with Crippen molar-refractivity contribution in [3.63, 3.8) is 0 Å². The summed E-state index contributed by atoms with van der Waals surface area (Å²) < 4.78 is 26.1. The lowest BCUT2D eigenvalue weighted by Gasteiger charge is -2.40. The highest BCUT2D eigenvalue weighted by Gasteiger charge is 2.39. The summed E-state index contributed by atoms with van der Waals surface area (Å²) in [6.07, 6.45) is 4.73. The fourth-order valence-electron chi connectivity index (χ4n) is 9.64. The molecule has 3 N–H and O–H groups in total. The van der Waals surface area contributed by atoms with Gasteiger partial charge in [-0.3, -0.25) is 19.6 Å². The molecular weight excluding hydrogens is 807 g/mol. The van der Waals surface area contributed by atoms with Gasteiger partial charge in [0.2, 0.25) is 0 Å². The number of pyridine rings is 1. The Hall–Kier alpha value is -4.41. The predicted octanol–water partition coefficient (Wildman–Crippen LogP) is 7.41. The SMILES string of the molecule is CCn1c(-c2cc(C3C[C@H]4COC[C@@H](C3)N4)cnc2[C@H](C)OC)c2c3cc(ccc31)-c1csc(n1)[C@@H](C)[C@H](NC(=O)OC(C)(C)C)C(=O)N1CCC[C@H](N1)C(=O)OCC(C)(C)C2. The molecule has 334 valence electrons. The third-order valence-electron chi connectivity index (χ3n) is 12.8. The Morgan fingerprint density at radius 2 is 1.90 bits per heavy atom. The number of aryl methyl sites for hydroxylation is 1. The van der Waals surface area contributed by atoms with E-state index in [0.717, 1.165) is 70.7 Å². The van der Waals surface area contributed by atoms with Crippen LogP contribution in [0.3, 0.4) is 0 Å². The number of thiazole rings is 1. The Labute approximate surface area is 368 Å². The van der Waals surface area contributed by atoms with Crippen molar-refractivity contribution in [1.29, 1.82) is 0 Å². The number of hydrogen-bond acceptors (Lipinski definition) is 12. The summed E-state index contributed by atoms with van der Waals surface area (Å²) >= 11 is 1.45. The second-order valence-electron chi connectivity index (χ2n) is 19.4. The van der Waals surface area contributed by atoms with Crippen LogP contribution in [0, 0.1) is 5.41 Å². The summed E-state index contributed by atoms with van der Waals surface area (Å²) in [7, 11) is 1.73. The number of alkyl carbamates (subject to hydrolysis) is 1. The van der Waals surface area contributed by atoms with Gasteiger partial charge in [0, 0.05) is 77.2 Å². The first kappa shape index (κ1) is 44.2. The molecule has 15 heteroatoms. The number of amides is 2. The molecule has 7 heterocycles. The summed E-state index contributed by atoms with van der Waals surface area (Å²) in [6, 6.07) is 7.74. The van der Waals surface area contributed by atoms with Gasteiger partial charge in [0.05, 0.1) is 48.0 Å². The number of carbonyl (C=O) groups excluding carboxylic acids is 3. The van der Waals surface area contributed by atoms with Crippen LogP contribution in [0.25, 0.3) is 33.4 Å². The summed E-state index contributed by atoms with van der Waals surface area (Å²) in [4.78, 5) is 51.8. The molecule has 62 heavy (non-hydrogen) atoms. The Bertz CT molecular complexity index is 2300. The van der Waals surface area contributed by atoms with Gasteiger partial charge in [-0.15, -0.1) is 11.3 Å². The van der Waals surface area contributed by atoms with Gasteiger partial charge >= 0.3 is 12.1 Å². The lowest BCUT2D eigenvalue weighted by molar-refractivity contribution is -0.155. The standard InChI is InChI=1S/C47H63N7O7S/c1-10-53-38-14-13-28-18-33(38)35(41(53)34-19-30(21-48-40(34)27(3)58-9)29-16-31-22-59-23-32(17-29)49-31)20-47(7,8)25-60-44(56)36-12-11-15-54(52-36)43(55)39(51-45(57)61-46(4,5)6)26(2)42-50-37(28)24-62-42/h13-14,18-19,21,24,26-27,29,31-32,36,39,49,52H,10-12,15-17,20,22-23,25H2,1-9H3,(H,51,57)/t26-,27-,29?,31-,32+,36-,39-/m0/s1. The Morgan fingerprint density at radius 3 is 2.61 bits per heavy atom. The largest absolute Gasteiger partial charge is 0.464 e. The van der Waals surface area contributed by atoms with E-state index in [9.17, 15) is 14.4 Å². The topological polar surface area (TPSA) is 158 Å². The zero-order valence-corrected chi connectivity index (χ0v) is 38.4. The maximum Gasteiger partial charge on any atom is 0.408 e. The molecule has 2 amide bonds. The molecule has 4 aliphatic rings. The fourth-order valence-corrected chi connectivity index (χ4v) is 10.6. The van der Waals surface area contributed by atoms with E-state index in [0.29, 0.717) is 55.4 Å². The Balaban J connectivity index is 1.27. The molecule has 1 unspecified atom stereocenters. The minimum atomic E-state index is -1.02. The van der Waals surface area contributed by atoms with Gasteiger partial charge in [-0.05, 0) is 102 Å². The van der Waals surface area contributed by atoms with E-state index in [2.05, 4.69) is 78.8 Å². The molecule has 0 radical (unpaired) electrons. The number of fused-ring (bicyclic) bond motifs is 8. The molecule has 3 aromatic heterocycles. The molecule has 4 aromatic rings. The average molecular weight is 870 g/mol. The van der Waals surface area contributed by atoms with Crippen molar-refractivity contribution in [1.82, 2.24) is 35.6 Å². The number of cyclic esters (lactones) is 1. The molecule has 7 atom stereocenters. The number of esters is 1. The van der Waals surface area contributed by atoms with Gasteiger partial charge in [0.1, 0.15) is 17.7 Å². The van der Waals surface area contributed by atoms with E-state index in [1.165, 1.54) is 21.9 Å². The van der Waals surface area contributed by atoms with Crippen molar-refractivity contribution in [3.8, 4) is 22.5 Å². The van der Waals surface area contributed by atoms with Crippen LogP contribution < -0.4 is 16.1 Å². The molecule has 3 fully saturated rings. The fraction of sp³-hybridized carbons (Fsp3) is 0.596. The predicted molar refractivity (Wildman–Crippen MR) is 239 cm³/mol. The van der Waals surface area contributed by atoms with Crippen LogP contribution in [0.2, 0.25) is 0 Å². The molecule has 14 nitrogen and oxygen atoms in total. The van der Waals surface area contributed by atoms with E-state index >= 15 is 0 Å². The smallest absolute Gasteiger partial charge is 0.408 e. The molecule has 3 saturated heterocycles. The highest BCUT2D eigenvalue weighted by Crippen LogP contribution is 2.44. The maximum absolute atomic E-state index is 14.3. The Kier molecular flexibility index (Phi) is 12.6. The van der Waals surface area contributed by atoms with Crippen LogP contribution in [-0.2, 0) is 41.5 Å². The summed E-state index contributed by atoms with van der Waals surface area (Å²) in [6.45, 7) is 18.4. The van der Waals surface area contributed by atoms with E-state index in [4.69, 9.17) is 28.9 Å². The van der Waals surface area contributed by atoms with Crippen molar-refractivity contribution in [2.24, 2.45) is 5.41 Å². The lowest BCUT2D eigenvalue weighted by atomic mass is 9.81. The third kappa shape index (κ3) is 9.15. The van der Waals surface area contributed by atoms with Gasteiger partial charge in [0.15, 0.2) is 0 Å². The minimum absolute atomic E-state index is 0.157. The van der Waals surface area contributed by atoms with Crippen LogP contribution in [0.1, 0.15) is 121 Å². The molecule has 0 spiro atoms. The van der Waals surface area contributed by atoms with E-state index in [-0.39, 0.29) is 18.6 Å². The van der Waals surface area contributed by atoms with Gasteiger partial charge in [-0.25, -0.2) is 15.2 Å². The second-order valence-corrected chi connectivity index (χ2v) is 20.3. The molecule has 4 aliphatic heterocycles. The van der Waals surface area contributed by atoms with Crippen molar-refractivity contribution < 1.29 is 33.3 Å². The molecule has 0 aliphatic carbocycles. The van der Waals surface area contributed by atoms with E-state index in [1.54, 1.807) is 27.9 Å². The molecule has 0 saturated carbocycles. The number of benzene rings is 1. The van der Waals surface area contributed by atoms with Crippen LogP contribution in [0.15, 0.2) is 35.8 Å². The number of ether oxygens (including phenoxy) is 4. The highest BCUT2D eigenvalue weighted by atomic mass is 32.1. The van der Waals surface area contributed by atoms with Crippen molar-refractivity contribution in [3.05, 3.63) is 57.7 Å². The zero-order chi connectivity index (χ0) is 44.1. The molecule has 8 bridgehead atoms. The first-order valence-electron chi connectivity index (χ1n) is 22.2. The number of carbonyl (C=O) groups is 3. The molecule has 1 aromatic carbocycles. The summed E-state index contributed by atoms with van der Waals surface area (Å²) in [5.74, 6) is -0.987. The number of nitrogens with zero attached hydrogens (tertiary/aromatic N) is 4. The van der Waals surface area contributed by atoms with Gasteiger partial charge < -0.3 is 34.1 Å². The quantitative estimate of drug-likeness (QED) is 0.166. The second kappa shape index (κ2) is 17.6. The number of aromatic nitrogens is 3. The Morgan fingerprint density at radius 1 is 1.15 bits per heavy atom. The van der Waals surface area contributed by atoms with Crippen molar-refractivity contribution in [2.45, 2.75) is 142 Å². The first-order chi connectivity index (χ1) is 29.5. The van der Waals surface area contributed by atoms with Gasteiger partial charge in [-0.1, -0.05) is 26.8 Å². The number of rotatable bonds is 6. The van der Waals surface area contributed by atoms with Gasteiger partial charge in [-0.2, -0.15) is 0 Å². The van der Waals surface area contributed by atoms with Crippen LogP contribution >= 0.6 is 11.3 Å². The van der Waals surface area contributed by atoms with Crippen molar-refractivity contribution >= 4 is 40.2 Å². The minimum Gasteiger partial charge on any atom is -0.464 e. The normalized spacial score (nSPS) is 26.1. The summed E-state index contributed by atoms with van der Waals surface area (Å²) in [5.41, 5.74) is 10.1. The average Bonchev–Trinajstić information content (AvgIpc) is 3.85. The number of hydrazine groups is 1. The summed E-state index contributed by atoms with van der Waals surface area (Å²) in [5, 5.41) is 11.8. The highest BCUT2D eigenvalue weighted by molar-refractivity contribution is 7.10. The number of methoxy groups -OCH3 is 1. The number of morpholine rings is 1. The molecule has 8 rings (SSSR count). The van der Waals surface area contributed by atoms with E-state index in [1.807, 2.05) is 12.3 Å². The molecular formula is C47H63N7O7S. The number of piperidine rings is 1.